The number of benzene rings is 3. The average Bonchev–Trinajstić information content (AvgIpc) is 3.09. The van der Waals surface area contributed by atoms with E-state index in [0.29, 0.717) is 0 Å². The van der Waals surface area contributed by atoms with Gasteiger partial charge in [0.1, 0.15) is 5.82 Å². The Morgan fingerprint density at radius 1 is 0.792 bits per heavy atom. The number of anilines is 1. The van der Waals surface area contributed by atoms with Gasteiger partial charge >= 0.3 is 0 Å². The highest BCUT2D eigenvalue weighted by Crippen LogP contribution is 2.36. The second-order valence-corrected chi connectivity index (χ2v) is 5.86. The molecule has 1 aliphatic rings. The number of hydrazone groups is 1. The Morgan fingerprint density at radius 2 is 1.42 bits per heavy atom. The second kappa shape index (κ2) is 6.28. The highest BCUT2D eigenvalue weighted by molar-refractivity contribution is 6.03. The number of hydrogen-bond donors (Lipinski definition) is 0. The van der Waals surface area contributed by atoms with Crippen LogP contribution in [0.25, 0.3) is 0 Å². The van der Waals surface area contributed by atoms with Gasteiger partial charge in [0.2, 0.25) is 0 Å². The van der Waals surface area contributed by atoms with Crippen LogP contribution in [-0.4, -0.2) is 5.71 Å². The van der Waals surface area contributed by atoms with Crippen molar-refractivity contribution in [3.05, 3.63) is 102 Å². The maximum atomic E-state index is 13.2. The van der Waals surface area contributed by atoms with Gasteiger partial charge in [-0.2, -0.15) is 5.10 Å². The van der Waals surface area contributed by atoms with Gasteiger partial charge in [0.15, 0.2) is 0 Å². The molecule has 1 heterocycles. The summed E-state index contributed by atoms with van der Waals surface area (Å²) in [5, 5.41) is 6.91. The van der Waals surface area contributed by atoms with Gasteiger partial charge in [-0.3, -0.25) is 5.01 Å². The Labute approximate surface area is 140 Å². The molecule has 0 aliphatic carbocycles. The minimum absolute atomic E-state index is 0.147. The molecule has 118 valence electrons. The van der Waals surface area contributed by atoms with Crippen molar-refractivity contribution in [1.29, 1.82) is 0 Å². The highest BCUT2D eigenvalue weighted by atomic mass is 19.1. The molecule has 3 aromatic rings. The standard InChI is InChI=1S/C21H17FN2/c22-18-13-11-16(12-14-18)20-15-21(17-7-3-1-4-8-17)24(23-20)19-9-5-2-6-10-19/h1-14,21H,15H2. The first kappa shape index (κ1) is 14.6. The Morgan fingerprint density at radius 3 is 2.08 bits per heavy atom. The van der Waals surface area contributed by atoms with Crippen LogP contribution in [0.2, 0.25) is 0 Å². The molecule has 1 aliphatic heterocycles. The quantitative estimate of drug-likeness (QED) is 0.650. The molecule has 0 saturated heterocycles. The summed E-state index contributed by atoms with van der Waals surface area (Å²) >= 11 is 0. The molecule has 0 saturated carbocycles. The molecule has 3 aromatic carbocycles. The number of nitrogens with zero attached hydrogens (tertiary/aromatic N) is 2. The molecule has 1 atom stereocenters. The van der Waals surface area contributed by atoms with Crippen molar-refractivity contribution in [3.63, 3.8) is 0 Å². The van der Waals surface area contributed by atoms with Crippen molar-refractivity contribution < 1.29 is 4.39 Å². The fourth-order valence-electron chi connectivity index (χ4n) is 3.08. The largest absolute Gasteiger partial charge is 0.257 e. The van der Waals surface area contributed by atoms with Gasteiger partial charge in [0.25, 0.3) is 0 Å². The van der Waals surface area contributed by atoms with Crippen molar-refractivity contribution in [1.82, 2.24) is 0 Å². The van der Waals surface area contributed by atoms with E-state index >= 15 is 0 Å². The van der Waals surface area contributed by atoms with Crippen LogP contribution in [0.5, 0.6) is 0 Å². The summed E-state index contributed by atoms with van der Waals surface area (Å²) < 4.78 is 13.2. The number of halogens is 1. The first-order valence-electron chi connectivity index (χ1n) is 8.04. The van der Waals surface area contributed by atoms with Crippen LogP contribution in [0.15, 0.2) is 90.0 Å². The van der Waals surface area contributed by atoms with Crippen LogP contribution in [0.3, 0.4) is 0 Å². The van der Waals surface area contributed by atoms with Crippen molar-refractivity contribution in [2.75, 3.05) is 5.01 Å². The fourth-order valence-corrected chi connectivity index (χ4v) is 3.08. The molecular weight excluding hydrogens is 299 g/mol. The van der Waals surface area contributed by atoms with Gasteiger partial charge in [-0.1, -0.05) is 60.7 Å². The van der Waals surface area contributed by atoms with Crippen molar-refractivity contribution >= 4 is 11.4 Å². The lowest BCUT2D eigenvalue weighted by molar-refractivity contribution is 0.627. The zero-order chi connectivity index (χ0) is 16.4. The highest BCUT2D eigenvalue weighted by Gasteiger charge is 2.29. The Hall–Kier alpha value is -2.94. The van der Waals surface area contributed by atoms with Crippen LogP contribution in [0.1, 0.15) is 23.6 Å². The average molecular weight is 316 g/mol. The van der Waals surface area contributed by atoms with E-state index in [9.17, 15) is 4.39 Å². The van der Waals surface area contributed by atoms with E-state index in [2.05, 4.69) is 29.3 Å². The zero-order valence-corrected chi connectivity index (χ0v) is 13.1. The molecule has 0 radical (unpaired) electrons. The van der Waals surface area contributed by atoms with Crippen molar-refractivity contribution in [2.24, 2.45) is 5.10 Å². The fraction of sp³-hybridized carbons (Fsp3) is 0.0952. The molecule has 0 spiro atoms. The zero-order valence-electron chi connectivity index (χ0n) is 13.1. The normalized spacial score (nSPS) is 17.0. The van der Waals surface area contributed by atoms with Gasteiger partial charge in [-0.15, -0.1) is 0 Å². The van der Waals surface area contributed by atoms with Crippen LogP contribution < -0.4 is 5.01 Å². The summed E-state index contributed by atoms with van der Waals surface area (Å²) in [6.45, 7) is 0. The van der Waals surface area contributed by atoms with Gasteiger partial charge < -0.3 is 0 Å². The lowest BCUT2D eigenvalue weighted by Gasteiger charge is -2.23. The molecule has 0 bridgehead atoms. The van der Waals surface area contributed by atoms with Gasteiger partial charge in [-0.25, -0.2) is 4.39 Å². The van der Waals surface area contributed by atoms with Crippen LogP contribution in [-0.2, 0) is 0 Å². The molecule has 0 fully saturated rings. The van der Waals surface area contributed by atoms with Crippen molar-refractivity contribution in [3.8, 4) is 0 Å². The summed E-state index contributed by atoms with van der Waals surface area (Å²) in [6.07, 6.45) is 0.796. The first-order valence-corrected chi connectivity index (χ1v) is 8.04. The van der Waals surface area contributed by atoms with Gasteiger partial charge in [-0.05, 0) is 35.4 Å². The van der Waals surface area contributed by atoms with Crippen LogP contribution in [0, 0.1) is 5.82 Å². The summed E-state index contributed by atoms with van der Waals surface area (Å²) in [6, 6.07) is 27.3. The SMILES string of the molecule is Fc1ccc(C2=NN(c3ccccc3)C(c3ccccc3)C2)cc1. The molecule has 4 rings (SSSR count). The Bertz CT molecular complexity index is 842. The van der Waals surface area contributed by atoms with E-state index in [0.717, 1.165) is 23.4 Å². The van der Waals surface area contributed by atoms with E-state index in [1.165, 1.54) is 17.7 Å². The lowest BCUT2D eigenvalue weighted by atomic mass is 9.98. The summed E-state index contributed by atoms with van der Waals surface area (Å²) in [7, 11) is 0. The first-order chi connectivity index (χ1) is 11.8. The molecular formula is C21H17FN2. The maximum absolute atomic E-state index is 13.2. The molecule has 0 N–H and O–H groups in total. The van der Waals surface area contributed by atoms with Crippen LogP contribution >= 0.6 is 0 Å². The molecule has 3 heteroatoms. The minimum atomic E-state index is -0.225. The third-order valence-electron chi connectivity index (χ3n) is 4.29. The summed E-state index contributed by atoms with van der Waals surface area (Å²) in [5.41, 5.74) is 4.23. The Kier molecular flexibility index (Phi) is 3.83. The van der Waals surface area contributed by atoms with E-state index in [-0.39, 0.29) is 11.9 Å². The van der Waals surface area contributed by atoms with Crippen LogP contribution in [0.4, 0.5) is 10.1 Å². The topological polar surface area (TPSA) is 15.6 Å². The predicted octanol–water partition coefficient (Wildman–Crippen LogP) is 5.18. The smallest absolute Gasteiger partial charge is 0.123 e. The van der Waals surface area contributed by atoms with Gasteiger partial charge in [0.05, 0.1) is 17.4 Å². The third kappa shape index (κ3) is 2.81. The Balaban J connectivity index is 1.74. The lowest BCUT2D eigenvalue weighted by Crippen LogP contribution is -2.18. The van der Waals surface area contributed by atoms with Crippen molar-refractivity contribution in [2.45, 2.75) is 12.5 Å². The minimum Gasteiger partial charge on any atom is -0.257 e. The number of hydrogen-bond acceptors (Lipinski definition) is 2. The maximum Gasteiger partial charge on any atom is 0.123 e. The molecule has 0 aromatic heterocycles. The van der Waals surface area contributed by atoms with E-state index in [1.807, 2.05) is 36.4 Å². The summed E-state index contributed by atoms with van der Waals surface area (Å²) in [4.78, 5) is 0. The molecule has 24 heavy (non-hydrogen) atoms. The van der Waals surface area contributed by atoms with E-state index in [4.69, 9.17) is 5.10 Å². The second-order valence-electron chi connectivity index (χ2n) is 5.86. The number of para-hydroxylation sites is 1. The van der Waals surface area contributed by atoms with E-state index < -0.39 is 0 Å². The predicted molar refractivity (Wildman–Crippen MR) is 95.7 cm³/mol. The van der Waals surface area contributed by atoms with E-state index in [1.54, 1.807) is 12.1 Å². The molecule has 0 amide bonds. The summed E-state index contributed by atoms with van der Waals surface area (Å²) in [5.74, 6) is -0.225. The van der Waals surface area contributed by atoms with Gasteiger partial charge in [0, 0.05) is 6.42 Å². The monoisotopic (exact) mass is 316 g/mol. The molecule has 1 unspecified atom stereocenters. The number of rotatable bonds is 3. The third-order valence-corrected chi connectivity index (χ3v) is 4.29. The molecule has 2 nitrogen and oxygen atoms in total.